The standard InChI is InChI=1S/C26H25FN2O5/c27-21-13-11-19(12-14-21)15-22(29-26(33)34-17-20-9-5-2-6-10-20)24(30)28-23(25(31)32)16-18-7-3-1-4-8-18/h1-14,22-23H,15-17H2,(H,28,30)(H,29,33)(H,31,32)/t22?,23-/m0/s1. The van der Waals surface area contributed by atoms with E-state index in [2.05, 4.69) is 10.6 Å². The van der Waals surface area contributed by atoms with Crippen LogP contribution in [0.4, 0.5) is 9.18 Å². The Labute approximate surface area is 196 Å². The van der Waals surface area contributed by atoms with Crippen LogP contribution in [-0.2, 0) is 33.8 Å². The maximum atomic E-state index is 13.3. The van der Waals surface area contributed by atoms with E-state index in [1.807, 2.05) is 12.1 Å². The van der Waals surface area contributed by atoms with Gasteiger partial charge in [-0.15, -0.1) is 0 Å². The Kier molecular flexibility index (Phi) is 8.73. The number of aliphatic carboxylic acids is 1. The summed E-state index contributed by atoms with van der Waals surface area (Å²) >= 11 is 0. The van der Waals surface area contributed by atoms with Crippen LogP contribution in [0.25, 0.3) is 0 Å². The summed E-state index contributed by atoms with van der Waals surface area (Å²) in [7, 11) is 0. The van der Waals surface area contributed by atoms with Gasteiger partial charge in [-0.1, -0.05) is 72.8 Å². The summed E-state index contributed by atoms with van der Waals surface area (Å²) in [5.74, 6) is -2.33. The van der Waals surface area contributed by atoms with Crippen LogP contribution in [0.2, 0.25) is 0 Å². The molecule has 3 aromatic rings. The number of carboxylic acids is 1. The van der Waals surface area contributed by atoms with E-state index in [1.165, 1.54) is 24.3 Å². The molecule has 176 valence electrons. The first-order chi connectivity index (χ1) is 16.4. The van der Waals surface area contributed by atoms with Crippen molar-refractivity contribution in [3.63, 3.8) is 0 Å². The van der Waals surface area contributed by atoms with Gasteiger partial charge in [-0.25, -0.2) is 14.0 Å². The number of carboxylic acid groups (broad SMARTS) is 1. The molecule has 0 saturated carbocycles. The maximum Gasteiger partial charge on any atom is 0.408 e. The molecule has 2 atom stereocenters. The first-order valence-electron chi connectivity index (χ1n) is 10.7. The van der Waals surface area contributed by atoms with E-state index >= 15 is 0 Å². The monoisotopic (exact) mass is 464 g/mol. The van der Waals surface area contributed by atoms with Gasteiger partial charge < -0.3 is 20.5 Å². The molecule has 3 aromatic carbocycles. The summed E-state index contributed by atoms with van der Waals surface area (Å²) in [5.41, 5.74) is 2.09. The van der Waals surface area contributed by atoms with Crippen molar-refractivity contribution in [1.29, 1.82) is 0 Å². The van der Waals surface area contributed by atoms with Crippen molar-refractivity contribution in [2.45, 2.75) is 31.5 Å². The first kappa shape index (κ1) is 24.4. The lowest BCUT2D eigenvalue weighted by atomic mass is 10.0. The van der Waals surface area contributed by atoms with Crippen LogP contribution in [0.5, 0.6) is 0 Å². The Hall–Kier alpha value is -4.20. The van der Waals surface area contributed by atoms with Gasteiger partial charge in [0.25, 0.3) is 0 Å². The molecular formula is C26H25FN2O5. The van der Waals surface area contributed by atoms with Crippen molar-refractivity contribution in [3.8, 4) is 0 Å². The number of hydrogen-bond donors (Lipinski definition) is 3. The highest BCUT2D eigenvalue weighted by molar-refractivity contribution is 5.89. The van der Waals surface area contributed by atoms with Crippen molar-refractivity contribution in [1.82, 2.24) is 10.6 Å². The van der Waals surface area contributed by atoms with Crippen molar-refractivity contribution in [2.24, 2.45) is 0 Å². The van der Waals surface area contributed by atoms with E-state index in [-0.39, 0.29) is 19.4 Å². The third-order valence-corrected chi connectivity index (χ3v) is 5.07. The number of nitrogens with one attached hydrogen (secondary N) is 2. The topological polar surface area (TPSA) is 105 Å². The summed E-state index contributed by atoms with van der Waals surface area (Å²) in [5, 5.41) is 14.6. The zero-order valence-electron chi connectivity index (χ0n) is 18.3. The lowest BCUT2D eigenvalue weighted by molar-refractivity contribution is -0.142. The van der Waals surface area contributed by atoms with Gasteiger partial charge in [0.05, 0.1) is 0 Å². The van der Waals surface area contributed by atoms with Crippen LogP contribution >= 0.6 is 0 Å². The van der Waals surface area contributed by atoms with E-state index in [1.54, 1.807) is 48.5 Å². The number of ether oxygens (including phenoxy) is 1. The Bertz CT molecular complexity index is 1090. The fourth-order valence-corrected chi connectivity index (χ4v) is 3.29. The Morgan fingerprint density at radius 1 is 0.735 bits per heavy atom. The lowest BCUT2D eigenvalue weighted by Gasteiger charge is -2.21. The summed E-state index contributed by atoms with van der Waals surface area (Å²) in [6.45, 7) is 0.00329. The predicted molar refractivity (Wildman–Crippen MR) is 123 cm³/mol. The average Bonchev–Trinajstić information content (AvgIpc) is 2.84. The number of carbonyl (C=O) groups is 3. The van der Waals surface area contributed by atoms with Crippen LogP contribution < -0.4 is 10.6 Å². The number of amides is 2. The SMILES string of the molecule is O=C(NC(Cc1ccc(F)cc1)C(=O)N[C@@H](Cc1ccccc1)C(=O)O)OCc1ccccc1. The van der Waals surface area contributed by atoms with Crippen molar-refractivity contribution < 1.29 is 28.6 Å². The van der Waals surface area contributed by atoms with Gasteiger partial charge in [-0.2, -0.15) is 0 Å². The van der Waals surface area contributed by atoms with E-state index < -0.39 is 35.9 Å². The molecule has 0 aliphatic heterocycles. The normalized spacial score (nSPS) is 12.3. The molecule has 7 nitrogen and oxygen atoms in total. The second-order valence-electron chi connectivity index (χ2n) is 7.68. The van der Waals surface area contributed by atoms with E-state index in [0.717, 1.165) is 11.1 Å². The zero-order chi connectivity index (χ0) is 24.3. The van der Waals surface area contributed by atoms with Gasteiger partial charge in [0.15, 0.2) is 0 Å². The minimum atomic E-state index is -1.20. The van der Waals surface area contributed by atoms with E-state index in [0.29, 0.717) is 5.56 Å². The molecule has 2 amide bonds. The molecule has 0 aromatic heterocycles. The third kappa shape index (κ3) is 7.74. The Balaban J connectivity index is 1.70. The number of carbonyl (C=O) groups excluding carboxylic acids is 2. The molecule has 0 heterocycles. The minimum Gasteiger partial charge on any atom is -0.480 e. The highest BCUT2D eigenvalue weighted by Gasteiger charge is 2.27. The number of alkyl carbamates (subject to hydrolysis) is 1. The van der Waals surface area contributed by atoms with E-state index in [9.17, 15) is 23.9 Å². The van der Waals surface area contributed by atoms with Gasteiger partial charge in [0.2, 0.25) is 5.91 Å². The first-order valence-corrected chi connectivity index (χ1v) is 10.7. The Morgan fingerprint density at radius 3 is 1.85 bits per heavy atom. The zero-order valence-corrected chi connectivity index (χ0v) is 18.3. The molecule has 0 spiro atoms. The van der Waals surface area contributed by atoms with Crippen molar-refractivity contribution in [3.05, 3.63) is 107 Å². The maximum absolute atomic E-state index is 13.3. The van der Waals surface area contributed by atoms with Gasteiger partial charge >= 0.3 is 12.1 Å². The predicted octanol–water partition coefficient (Wildman–Crippen LogP) is 3.48. The van der Waals surface area contributed by atoms with Gasteiger partial charge in [0, 0.05) is 12.8 Å². The van der Waals surface area contributed by atoms with Crippen molar-refractivity contribution in [2.75, 3.05) is 0 Å². The highest BCUT2D eigenvalue weighted by Crippen LogP contribution is 2.09. The fraction of sp³-hybridized carbons (Fsp3) is 0.192. The largest absolute Gasteiger partial charge is 0.480 e. The number of benzene rings is 3. The fourth-order valence-electron chi connectivity index (χ4n) is 3.29. The van der Waals surface area contributed by atoms with Crippen LogP contribution in [-0.4, -0.2) is 35.2 Å². The van der Waals surface area contributed by atoms with Gasteiger partial charge in [-0.3, -0.25) is 4.79 Å². The molecule has 8 heteroatoms. The lowest BCUT2D eigenvalue weighted by Crippen LogP contribution is -2.53. The second kappa shape index (κ2) is 12.2. The molecule has 0 aliphatic rings. The Morgan fingerprint density at radius 2 is 1.26 bits per heavy atom. The van der Waals surface area contributed by atoms with Crippen LogP contribution in [0.1, 0.15) is 16.7 Å². The molecule has 0 bridgehead atoms. The van der Waals surface area contributed by atoms with Crippen molar-refractivity contribution >= 4 is 18.0 Å². The van der Waals surface area contributed by atoms with Crippen LogP contribution in [0.15, 0.2) is 84.9 Å². The summed E-state index contributed by atoms with van der Waals surface area (Å²) in [6.07, 6.45) is -0.741. The molecule has 0 aliphatic carbocycles. The molecule has 0 radical (unpaired) electrons. The molecule has 0 fully saturated rings. The second-order valence-corrected chi connectivity index (χ2v) is 7.68. The third-order valence-electron chi connectivity index (χ3n) is 5.07. The van der Waals surface area contributed by atoms with E-state index in [4.69, 9.17) is 4.74 Å². The highest BCUT2D eigenvalue weighted by atomic mass is 19.1. The molecular weight excluding hydrogens is 439 g/mol. The summed E-state index contributed by atoms with van der Waals surface area (Å²) < 4.78 is 18.5. The van der Waals surface area contributed by atoms with Crippen LogP contribution in [0, 0.1) is 5.82 Å². The molecule has 3 N–H and O–H groups in total. The molecule has 1 unspecified atom stereocenters. The molecule has 0 saturated heterocycles. The summed E-state index contributed by atoms with van der Waals surface area (Å²) in [4.78, 5) is 37.2. The molecule has 3 rings (SSSR count). The van der Waals surface area contributed by atoms with Gasteiger partial charge in [0.1, 0.15) is 24.5 Å². The van der Waals surface area contributed by atoms with Crippen LogP contribution in [0.3, 0.4) is 0 Å². The number of hydrogen-bond acceptors (Lipinski definition) is 4. The van der Waals surface area contributed by atoms with Gasteiger partial charge in [-0.05, 0) is 28.8 Å². The quantitative estimate of drug-likeness (QED) is 0.426. The number of halogens is 1. The smallest absolute Gasteiger partial charge is 0.408 e. The molecule has 34 heavy (non-hydrogen) atoms. The average molecular weight is 464 g/mol. The summed E-state index contributed by atoms with van der Waals surface area (Å²) in [6, 6.07) is 21.0. The minimum absolute atomic E-state index is 0.00329. The number of rotatable bonds is 10.